The SMILES string of the molecule is Cc1cccc(C(=O)N2[C@@H](C(=O)NCCN(C)C)COC23CCN(C(=O)c2ccc(F)cc2F)CC3)c1. The molecule has 2 heterocycles. The van der Waals surface area contributed by atoms with Gasteiger partial charge in [-0.25, -0.2) is 8.78 Å². The minimum atomic E-state index is -1.08. The Balaban J connectivity index is 1.55. The van der Waals surface area contributed by atoms with Gasteiger partial charge in [0.25, 0.3) is 11.8 Å². The van der Waals surface area contributed by atoms with Gasteiger partial charge in [0.05, 0.1) is 12.2 Å². The molecule has 10 heteroatoms. The normalized spacial score (nSPS) is 18.9. The summed E-state index contributed by atoms with van der Waals surface area (Å²) in [5.41, 5.74) is 0.0646. The van der Waals surface area contributed by atoms with E-state index in [9.17, 15) is 23.2 Å². The van der Waals surface area contributed by atoms with Gasteiger partial charge in [0, 0.05) is 50.7 Å². The lowest BCUT2D eigenvalue weighted by Gasteiger charge is -2.44. The van der Waals surface area contributed by atoms with E-state index < -0.39 is 29.3 Å². The van der Waals surface area contributed by atoms with Gasteiger partial charge in [-0.05, 0) is 45.3 Å². The van der Waals surface area contributed by atoms with Gasteiger partial charge in [0.15, 0.2) is 0 Å². The fourth-order valence-corrected chi connectivity index (χ4v) is 4.90. The second kappa shape index (κ2) is 10.9. The van der Waals surface area contributed by atoms with Crippen molar-refractivity contribution in [2.75, 3.05) is 46.9 Å². The van der Waals surface area contributed by atoms with Crippen LogP contribution in [0.5, 0.6) is 0 Å². The summed E-state index contributed by atoms with van der Waals surface area (Å²) in [4.78, 5) is 44.8. The first-order chi connectivity index (χ1) is 17.6. The molecule has 198 valence electrons. The number of piperidine rings is 1. The summed E-state index contributed by atoms with van der Waals surface area (Å²) in [6.45, 7) is 3.36. The second-order valence-corrected chi connectivity index (χ2v) is 9.83. The lowest BCUT2D eigenvalue weighted by atomic mass is 9.95. The fraction of sp³-hybridized carbons (Fsp3) is 0.444. The Morgan fingerprint density at radius 3 is 2.46 bits per heavy atom. The van der Waals surface area contributed by atoms with Gasteiger partial charge in [-0.15, -0.1) is 0 Å². The number of hydrogen-bond acceptors (Lipinski definition) is 5. The maximum absolute atomic E-state index is 14.2. The van der Waals surface area contributed by atoms with Gasteiger partial charge in [-0.1, -0.05) is 17.7 Å². The summed E-state index contributed by atoms with van der Waals surface area (Å²) < 4.78 is 33.7. The van der Waals surface area contributed by atoms with E-state index in [4.69, 9.17) is 4.74 Å². The van der Waals surface area contributed by atoms with E-state index in [1.54, 1.807) is 18.2 Å². The largest absolute Gasteiger partial charge is 0.353 e. The highest BCUT2D eigenvalue weighted by Crippen LogP contribution is 2.39. The quantitative estimate of drug-likeness (QED) is 0.641. The van der Waals surface area contributed by atoms with Crippen molar-refractivity contribution in [3.05, 3.63) is 70.8 Å². The van der Waals surface area contributed by atoms with Crippen LogP contribution in [0.15, 0.2) is 42.5 Å². The third-order valence-electron chi connectivity index (χ3n) is 6.90. The molecule has 0 aliphatic carbocycles. The van der Waals surface area contributed by atoms with E-state index in [2.05, 4.69) is 5.32 Å². The Kier molecular flexibility index (Phi) is 7.89. The first kappa shape index (κ1) is 26.7. The van der Waals surface area contributed by atoms with Crippen LogP contribution in [0.25, 0.3) is 0 Å². The maximum atomic E-state index is 14.2. The number of benzene rings is 2. The molecular weight excluding hydrogens is 482 g/mol. The third-order valence-corrected chi connectivity index (χ3v) is 6.90. The molecule has 0 unspecified atom stereocenters. The van der Waals surface area contributed by atoms with Gasteiger partial charge in [0.1, 0.15) is 23.4 Å². The second-order valence-electron chi connectivity index (χ2n) is 9.83. The first-order valence-electron chi connectivity index (χ1n) is 12.3. The Labute approximate surface area is 215 Å². The van der Waals surface area contributed by atoms with Crippen molar-refractivity contribution >= 4 is 17.7 Å². The van der Waals surface area contributed by atoms with E-state index in [1.165, 1.54) is 9.80 Å². The summed E-state index contributed by atoms with van der Waals surface area (Å²) in [5.74, 6) is -2.86. The van der Waals surface area contributed by atoms with Crippen molar-refractivity contribution in [2.24, 2.45) is 0 Å². The lowest BCUT2D eigenvalue weighted by molar-refractivity contribution is -0.128. The Morgan fingerprint density at radius 2 is 1.81 bits per heavy atom. The maximum Gasteiger partial charge on any atom is 0.256 e. The molecule has 2 aliphatic heterocycles. The predicted octanol–water partition coefficient (Wildman–Crippen LogP) is 2.42. The average Bonchev–Trinajstić information content (AvgIpc) is 3.22. The number of hydrogen-bond donors (Lipinski definition) is 1. The van der Waals surface area contributed by atoms with Crippen LogP contribution in [-0.2, 0) is 9.53 Å². The number of carbonyl (C=O) groups is 3. The molecule has 1 spiro atoms. The van der Waals surface area contributed by atoms with Gasteiger partial charge in [-0.3, -0.25) is 19.3 Å². The highest BCUT2D eigenvalue weighted by Gasteiger charge is 2.54. The molecule has 1 N–H and O–H groups in total. The molecule has 8 nitrogen and oxygen atoms in total. The highest BCUT2D eigenvalue weighted by molar-refractivity contribution is 5.99. The van der Waals surface area contributed by atoms with E-state index in [0.717, 1.165) is 17.7 Å². The number of aryl methyl sites for hydroxylation is 1. The number of amides is 3. The number of nitrogens with zero attached hydrogens (tertiary/aromatic N) is 3. The molecule has 0 aromatic heterocycles. The van der Waals surface area contributed by atoms with Crippen LogP contribution in [0, 0.1) is 18.6 Å². The van der Waals surface area contributed by atoms with Crippen molar-refractivity contribution in [1.29, 1.82) is 0 Å². The molecular formula is C27H32F2N4O4. The zero-order valence-electron chi connectivity index (χ0n) is 21.3. The van der Waals surface area contributed by atoms with Gasteiger partial charge in [-0.2, -0.15) is 0 Å². The highest BCUT2D eigenvalue weighted by atomic mass is 19.1. The number of likely N-dealkylation sites (tertiary alicyclic amines) is 1. The molecule has 0 bridgehead atoms. The van der Waals surface area contributed by atoms with Gasteiger partial charge in [0.2, 0.25) is 5.91 Å². The summed E-state index contributed by atoms with van der Waals surface area (Å²) in [7, 11) is 3.81. The number of ether oxygens (including phenoxy) is 1. The lowest BCUT2D eigenvalue weighted by Crippen LogP contribution is -2.60. The molecule has 2 aliphatic rings. The van der Waals surface area contributed by atoms with Crippen LogP contribution in [0.2, 0.25) is 0 Å². The van der Waals surface area contributed by atoms with Crippen LogP contribution >= 0.6 is 0 Å². The van der Waals surface area contributed by atoms with Crippen LogP contribution in [0.1, 0.15) is 39.1 Å². The molecule has 0 saturated carbocycles. The molecule has 2 saturated heterocycles. The van der Waals surface area contributed by atoms with Crippen molar-refractivity contribution in [3.63, 3.8) is 0 Å². The average molecular weight is 515 g/mol. The molecule has 4 rings (SSSR count). The fourth-order valence-electron chi connectivity index (χ4n) is 4.90. The molecule has 2 aromatic carbocycles. The zero-order valence-corrected chi connectivity index (χ0v) is 21.3. The van der Waals surface area contributed by atoms with Crippen molar-refractivity contribution in [1.82, 2.24) is 20.0 Å². The number of likely N-dealkylation sites (N-methyl/N-ethyl adjacent to an activating group) is 1. The van der Waals surface area contributed by atoms with E-state index in [1.807, 2.05) is 32.0 Å². The van der Waals surface area contributed by atoms with Crippen LogP contribution in [-0.4, -0.2) is 91.1 Å². The van der Waals surface area contributed by atoms with Crippen molar-refractivity contribution < 1.29 is 27.9 Å². The Hall–Kier alpha value is -3.37. The number of halogens is 2. The predicted molar refractivity (Wildman–Crippen MR) is 133 cm³/mol. The molecule has 1 atom stereocenters. The molecule has 2 aromatic rings. The van der Waals surface area contributed by atoms with Crippen LogP contribution in [0.4, 0.5) is 8.78 Å². The Morgan fingerprint density at radius 1 is 1.08 bits per heavy atom. The smallest absolute Gasteiger partial charge is 0.256 e. The summed E-state index contributed by atoms with van der Waals surface area (Å²) >= 11 is 0. The monoisotopic (exact) mass is 514 g/mol. The van der Waals surface area contributed by atoms with E-state index in [-0.39, 0.29) is 49.9 Å². The third kappa shape index (κ3) is 5.65. The summed E-state index contributed by atoms with van der Waals surface area (Å²) in [5, 5.41) is 2.89. The summed E-state index contributed by atoms with van der Waals surface area (Å²) in [6.07, 6.45) is 0.501. The van der Waals surface area contributed by atoms with E-state index in [0.29, 0.717) is 24.7 Å². The van der Waals surface area contributed by atoms with Crippen molar-refractivity contribution in [3.8, 4) is 0 Å². The molecule has 2 fully saturated rings. The Bertz CT molecular complexity index is 1180. The molecule has 3 amide bonds. The summed E-state index contributed by atoms with van der Waals surface area (Å²) in [6, 6.07) is 9.18. The molecule has 37 heavy (non-hydrogen) atoms. The van der Waals surface area contributed by atoms with Crippen LogP contribution in [0.3, 0.4) is 0 Å². The standard InChI is InChI=1S/C27H32F2N4O4/c1-18-5-4-6-19(15-18)25(35)33-23(24(34)30-11-14-31(2)3)17-37-27(33)9-12-32(13-10-27)26(36)21-8-7-20(28)16-22(21)29/h4-8,15-16,23H,9-14,17H2,1-3H3,(H,30,34)/t23-/m1/s1. The van der Waals surface area contributed by atoms with Crippen molar-refractivity contribution in [2.45, 2.75) is 31.5 Å². The van der Waals surface area contributed by atoms with E-state index >= 15 is 0 Å². The minimum Gasteiger partial charge on any atom is -0.353 e. The van der Waals surface area contributed by atoms with Crippen LogP contribution < -0.4 is 5.32 Å². The minimum absolute atomic E-state index is 0.0336. The van der Waals surface area contributed by atoms with Gasteiger partial charge < -0.3 is 19.9 Å². The topological polar surface area (TPSA) is 82.2 Å². The number of rotatable bonds is 6. The first-order valence-corrected chi connectivity index (χ1v) is 12.3. The van der Waals surface area contributed by atoms with Gasteiger partial charge >= 0.3 is 0 Å². The zero-order chi connectivity index (χ0) is 26.7. The molecule has 0 radical (unpaired) electrons. The number of carbonyl (C=O) groups excluding carboxylic acids is 3. The number of nitrogens with one attached hydrogen (secondary N) is 1.